The minimum absolute atomic E-state index is 0.408. The van der Waals surface area contributed by atoms with Gasteiger partial charge in [0.1, 0.15) is 0 Å². The summed E-state index contributed by atoms with van der Waals surface area (Å²) in [5, 5.41) is 0. The second kappa shape index (κ2) is 3.69. The average molecular weight is 194 g/mol. The van der Waals surface area contributed by atoms with Crippen molar-refractivity contribution in [2.75, 3.05) is 13.2 Å². The van der Waals surface area contributed by atoms with Gasteiger partial charge >= 0.3 is 0 Å². The van der Waals surface area contributed by atoms with E-state index in [9.17, 15) is 0 Å². The van der Waals surface area contributed by atoms with Gasteiger partial charge in [-0.2, -0.15) is 0 Å². The van der Waals surface area contributed by atoms with Gasteiger partial charge in [-0.3, -0.25) is 0 Å². The Kier molecular flexibility index (Phi) is 2.70. The van der Waals surface area contributed by atoms with Crippen molar-refractivity contribution in [3.05, 3.63) is 11.6 Å². The maximum Gasteiger partial charge on any atom is 0.0497 e. The second-order valence-corrected chi connectivity index (χ2v) is 5.43. The molecule has 0 N–H and O–H groups in total. The van der Waals surface area contributed by atoms with Crippen LogP contribution in [0, 0.1) is 17.3 Å². The molecule has 0 aromatic rings. The zero-order valence-electron chi connectivity index (χ0n) is 9.68. The Bertz CT molecular complexity index is 234. The summed E-state index contributed by atoms with van der Waals surface area (Å²) in [6.07, 6.45) is 6.33. The van der Waals surface area contributed by atoms with E-state index >= 15 is 0 Å². The van der Waals surface area contributed by atoms with E-state index in [0.29, 0.717) is 5.41 Å². The lowest BCUT2D eigenvalue weighted by Gasteiger charge is -2.37. The third-order valence-corrected chi connectivity index (χ3v) is 4.39. The Balaban J connectivity index is 2.05. The molecule has 2 rings (SSSR count). The zero-order valence-corrected chi connectivity index (χ0v) is 9.68. The lowest BCUT2D eigenvalue weighted by atomic mass is 9.70. The molecule has 14 heavy (non-hydrogen) atoms. The van der Waals surface area contributed by atoms with Crippen LogP contribution in [0.4, 0.5) is 0 Å². The summed E-state index contributed by atoms with van der Waals surface area (Å²) in [6, 6.07) is 0. The van der Waals surface area contributed by atoms with Crippen molar-refractivity contribution in [2.45, 2.75) is 40.0 Å². The van der Waals surface area contributed by atoms with Gasteiger partial charge in [0.05, 0.1) is 0 Å². The first-order valence-electron chi connectivity index (χ1n) is 5.87. The molecule has 1 fully saturated rings. The van der Waals surface area contributed by atoms with Crippen molar-refractivity contribution in [1.82, 2.24) is 0 Å². The third-order valence-electron chi connectivity index (χ3n) is 4.39. The van der Waals surface area contributed by atoms with Gasteiger partial charge in [0.2, 0.25) is 0 Å². The summed E-state index contributed by atoms with van der Waals surface area (Å²) in [6.45, 7) is 9.05. The number of allylic oxidation sites excluding steroid dienone is 2. The van der Waals surface area contributed by atoms with Gasteiger partial charge in [0.15, 0.2) is 0 Å². The molecule has 1 aliphatic carbocycles. The number of hydrogen-bond acceptors (Lipinski definition) is 1. The molecule has 0 spiro atoms. The molecular formula is C13H22O. The molecule has 1 heterocycles. The Morgan fingerprint density at radius 2 is 2.21 bits per heavy atom. The van der Waals surface area contributed by atoms with Crippen molar-refractivity contribution >= 4 is 0 Å². The van der Waals surface area contributed by atoms with Gasteiger partial charge < -0.3 is 4.74 Å². The van der Waals surface area contributed by atoms with E-state index < -0.39 is 0 Å². The number of rotatable bonds is 1. The molecule has 80 valence electrons. The Labute approximate surface area is 87.5 Å². The van der Waals surface area contributed by atoms with Crippen molar-refractivity contribution < 1.29 is 4.74 Å². The van der Waals surface area contributed by atoms with Crippen molar-refractivity contribution in [3.8, 4) is 0 Å². The van der Waals surface area contributed by atoms with Gasteiger partial charge in [-0.15, -0.1) is 0 Å². The van der Waals surface area contributed by atoms with Crippen LogP contribution in [0.2, 0.25) is 0 Å². The largest absolute Gasteiger partial charge is 0.381 e. The molecule has 1 aliphatic heterocycles. The predicted molar refractivity (Wildman–Crippen MR) is 59.2 cm³/mol. The Morgan fingerprint density at radius 1 is 1.43 bits per heavy atom. The first-order chi connectivity index (χ1) is 6.62. The minimum atomic E-state index is 0.408. The topological polar surface area (TPSA) is 9.23 Å². The Morgan fingerprint density at radius 3 is 2.71 bits per heavy atom. The van der Waals surface area contributed by atoms with Gasteiger partial charge in [-0.1, -0.05) is 25.5 Å². The molecule has 0 amide bonds. The fourth-order valence-corrected chi connectivity index (χ4v) is 3.02. The Hall–Kier alpha value is -0.300. The van der Waals surface area contributed by atoms with Crippen LogP contribution in [0.15, 0.2) is 11.6 Å². The van der Waals surface area contributed by atoms with Crippen LogP contribution in [0.25, 0.3) is 0 Å². The quantitative estimate of drug-likeness (QED) is 0.581. The molecule has 0 bridgehead atoms. The van der Waals surface area contributed by atoms with Gasteiger partial charge in [0, 0.05) is 13.2 Å². The van der Waals surface area contributed by atoms with Crippen LogP contribution >= 0.6 is 0 Å². The van der Waals surface area contributed by atoms with E-state index in [4.69, 9.17) is 4.74 Å². The summed E-state index contributed by atoms with van der Waals surface area (Å²) in [5.74, 6) is 1.62. The van der Waals surface area contributed by atoms with Crippen LogP contribution in [0.3, 0.4) is 0 Å². The lowest BCUT2D eigenvalue weighted by Crippen LogP contribution is -2.32. The maximum atomic E-state index is 5.60. The summed E-state index contributed by atoms with van der Waals surface area (Å²) >= 11 is 0. The van der Waals surface area contributed by atoms with Gasteiger partial charge in [-0.05, 0) is 43.4 Å². The van der Waals surface area contributed by atoms with Crippen molar-refractivity contribution in [1.29, 1.82) is 0 Å². The van der Waals surface area contributed by atoms with E-state index in [1.54, 1.807) is 5.57 Å². The van der Waals surface area contributed by atoms with Gasteiger partial charge in [-0.25, -0.2) is 0 Å². The minimum Gasteiger partial charge on any atom is -0.381 e. The molecule has 0 aromatic carbocycles. The van der Waals surface area contributed by atoms with Crippen LogP contribution in [0.5, 0.6) is 0 Å². The van der Waals surface area contributed by atoms with E-state index in [2.05, 4.69) is 26.8 Å². The van der Waals surface area contributed by atoms with E-state index in [0.717, 1.165) is 25.0 Å². The highest BCUT2D eigenvalue weighted by molar-refractivity contribution is 5.19. The summed E-state index contributed by atoms with van der Waals surface area (Å²) in [4.78, 5) is 0. The van der Waals surface area contributed by atoms with Crippen LogP contribution < -0.4 is 0 Å². The van der Waals surface area contributed by atoms with Crippen LogP contribution in [-0.2, 0) is 4.74 Å². The molecule has 0 radical (unpaired) electrons. The third kappa shape index (κ3) is 1.63. The highest BCUT2D eigenvalue weighted by atomic mass is 16.5. The fourth-order valence-electron chi connectivity index (χ4n) is 3.02. The fraction of sp³-hybridized carbons (Fsp3) is 0.846. The molecule has 2 unspecified atom stereocenters. The molecule has 0 aromatic heterocycles. The molecule has 1 heteroatoms. The average Bonchev–Trinajstić information content (AvgIpc) is 2.44. The highest BCUT2D eigenvalue weighted by Crippen LogP contribution is 2.48. The van der Waals surface area contributed by atoms with Crippen molar-refractivity contribution in [3.63, 3.8) is 0 Å². The maximum absolute atomic E-state index is 5.60. The predicted octanol–water partition coefficient (Wildman–Crippen LogP) is 3.41. The molecule has 0 saturated carbocycles. The molecule has 2 aliphatic rings. The first-order valence-corrected chi connectivity index (χ1v) is 5.87. The van der Waals surface area contributed by atoms with Crippen molar-refractivity contribution in [2.24, 2.45) is 17.3 Å². The second-order valence-electron chi connectivity index (χ2n) is 5.43. The first kappa shape index (κ1) is 10.2. The number of hydrogen-bond donors (Lipinski definition) is 0. The number of ether oxygens (including phenoxy) is 1. The van der Waals surface area contributed by atoms with Crippen LogP contribution in [0.1, 0.15) is 40.0 Å². The summed E-state index contributed by atoms with van der Waals surface area (Å²) in [5.41, 5.74) is 1.99. The van der Waals surface area contributed by atoms with E-state index in [-0.39, 0.29) is 0 Å². The lowest BCUT2D eigenvalue weighted by molar-refractivity contribution is 0.0115. The molecule has 2 atom stereocenters. The summed E-state index contributed by atoms with van der Waals surface area (Å²) < 4.78 is 5.60. The zero-order chi connectivity index (χ0) is 10.2. The summed E-state index contributed by atoms with van der Waals surface area (Å²) in [7, 11) is 0. The van der Waals surface area contributed by atoms with E-state index in [1.165, 1.54) is 19.3 Å². The smallest absolute Gasteiger partial charge is 0.0497 e. The standard InChI is InChI=1S/C13H22O/c1-10-6-7-12(13(10,2)3)11-5-4-8-14-9-11/h6,11-12H,4-5,7-9H2,1-3H3. The van der Waals surface area contributed by atoms with E-state index in [1.807, 2.05) is 0 Å². The van der Waals surface area contributed by atoms with Crippen LogP contribution in [-0.4, -0.2) is 13.2 Å². The van der Waals surface area contributed by atoms with Gasteiger partial charge in [0.25, 0.3) is 0 Å². The monoisotopic (exact) mass is 194 g/mol. The molecular weight excluding hydrogens is 172 g/mol. The normalized spacial score (nSPS) is 36.9. The molecule has 1 saturated heterocycles. The highest BCUT2D eigenvalue weighted by Gasteiger charge is 2.40. The SMILES string of the molecule is CC1=CCC(C2CCCOC2)C1(C)C. The molecule has 1 nitrogen and oxygen atoms in total.